The highest BCUT2D eigenvalue weighted by atomic mass is 35.5. The molecule has 0 saturated carbocycles. The molecule has 0 spiro atoms. The van der Waals surface area contributed by atoms with Crippen molar-refractivity contribution < 1.29 is 17.4 Å². The Bertz CT molecular complexity index is 949. The van der Waals surface area contributed by atoms with E-state index in [9.17, 15) is 13.2 Å². The standard InChI is InChI=1S/C20H21ClN2O4S/c1-16(24)22-11-13-23(14-12-22)19-6-8-20(9-7-19)27-28(25,26)15-10-17-2-4-18(21)5-3-17/h2-10,15H,11-14H2,1H3/b15-10+. The van der Waals surface area contributed by atoms with E-state index >= 15 is 0 Å². The van der Waals surface area contributed by atoms with E-state index < -0.39 is 10.1 Å². The first-order valence-corrected chi connectivity index (χ1v) is 10.7. The van der Waals surface area contributed by atoms with Gasteiger partial charge in [0.25, 0.3) is 0 Å². The van der Waals surface area contributed by atoms with Gasteiger partial charge >= 0.3 is 10.1 Å². The first-order chi connectivity index (χ1) is 13.3. The molecule has 1 aliphatic rings. The molecule has 0 aliphatic carbocycles. The minimum atomic E-state index is -3.87. The Hall–Kier alpha value is -2.51. The number of rotatable bonds is 5. The molecule has 0 radical (unpaired) electrons. The summed E-state index contributed by atoms with van der Waals surface area (Å²) in [5.74, 6) is 0.326. The van der Waals surface area contributed by atoms with Crippen LogP contribution >= 0.6 is 11.6 Å². The summed E-state index contributed by atoms with van der Waals surface area (Å²) in [6.07, 6.45) is 1.45. The van der Waals surface area contributed by atoms with Gasteiger partial charge in [-0.05, 0) is 48.0 Å². The number of hydrogen-bond acceptors (Lipinski definition) is 5. The van der Waals surface area contributed by atoms with E-state index in [0.717, 1.165) is 24.2 Å². The number of carbonyl (C=O) groups excluding carboxylic acids is 1. The minimum Gasteiger partial charge on any atom is -0.379 e. The molecular formula is C20H21ClN2O4S. The number of benzene rings is 2. The Labute approximate surface area is 170 Å². The van der Waals surface area contributed by atoms with E-state index in [1.165, 1.54) is 6.08 Å². The summed E-state index contributed by atoms with van der Waals surface area (Å²) in [6.45, 7) is 4.41. The van der Waals surface area contributed by atoms with Gasteiger partial charge < -0.3 is 14.0 Å². The van der Waals surface area contributed by atoms with E-state index in [-0.39, 0.29) is 11.7 Å². The van der Waals surface area contributed by atoms with Gasteiger partial charge in [-0.15, -0.1) is 0 Å². The van der Waals surface area contributed by atoms with Crippen LogP contribution in [-0.4, -0.2) is 45.4 Å². The van der Waals surface area contributed by atoms with Crippen molar-refractivity contribution in [3.63, 3.8) is 0 Å². The molecule has 1 saturated heterocycles. The van der Waals surface area contributed by atoms with Gasteiger partial charge in [0.05, 0.1) is 5.41 Å². The van der Waals surface area contributed by atoms with Crippen LogP contribution in [0.2, 0.25) is 5.02 Å². The third-order valence-electron chi connectivity index (χ3n) is 4.44. The van der Waals surface area contributed by atoms with E-state index in [1.807, 2.05) is 17.0 Å². The zero-order chi connectivity index (χ0) is 20.1. The Balaban J connectivity index is 1.60. The van der Waals surface area contributed by atoms with Crippen LogP contribution in [0.25, 0.3) is 6.08 Å². The number of carbonyl (C=O) groups is 1. The zero-order valence-electron chi connectivity index (χ0n) is 15.4. The predicted octanol–water partition coefficient (Wildman–Crippen LogP) is 3.39. The van der Waals surface area contributed by atoms with Crippen molar-refractivity contribution in [3.05, 3.63) is 64.5 Å². The highest BCUT2D eigenvalue weighted by Gasteiger charge is 2.19. The van der Waals surface area contributed by atoms with E-state index in [0.29, 0.717) is 23.7 Å². The molecule has 0 bridgehead atoms. The first-order valence-electron chi connectivity index (χ1n) is 8.81. The first kappa shape index (κ1) is 20.2. The van der Waals surface area contributed by atoms with Crippen molar-refractivity contribution in [3.8, 4) is 5.75 Å². The Morgan fingerprint density at radius 3 is 2.18 bits per heavy atom. The molecule has 1 aliphatic heterocycles. The average molecular weight is 421 g/mol. The van der Waals surface area contributed by atoms with Gasteiger partial charge in [-0.25, -0.2) is 0 Å². The number of hydrogen-bond donors (Lipinski definition) is 0. The summed E-state index contributed by atoms with van der Waals surface area (Å²) in [5.41, 5.74) is 1.67. The fraction of sp³-hybridized carbons (Fsp3) is 0.250. The second-order valence-corrected chi connectivity index (χ2v) is 8.28. The van der Waals surface area contributed by atoms with Crippen molar-refractivity contribution in [1.29, 1.82) is 0 Å². The molecule has 0 aromatic heterocycles. The molecule has 148 valence electrons. The third kappa shape index (κ3) is 5.50. The molecule has 0 unspecified atom stereocenters. The number of nitrogens with zero attached hydrogens (tertiary/aromatic N) is 2. The van der Waals surface area contributed by atoms with Gasteiger partial charge in [0.2, 0.25) is 5.91 Å². The molecule has 6 nitrogen and oxygen atoms in total. The molecule has 2 aromatic rings. The van der Waals surface area contributed by atoms with Crippen LogP contribution in [0.5, 0.6) is 5.75 Å². The van der Waals surface area contributed by atoms with Gasteiger partial charge in [0.1, 0.15) is 5.75 Å². The van der Waals surface area contributed by atoms with Crippen molar-refractivity contribution in [1.82, 2.24) is 4.90 Å². The third-order valence-corrected chi connectivity index (χ3v) is 5.58. The molecule has 1 fully saturated rings. The topological polar surface area (TPSA) is 66.9 Å². The molecule has 0 N–H and O–H groups in total. The molecule has 8 heteroatoms. The van der Waals surface area contributed by atoms with Crippen LogP contribution < -0.4 is 9.08 Å². The molecule has 2 aromatic carbocycles. The number of piperazine rings is 1. The highest BCUT2D eigenvalue weighted by Crippen LogP contribution is 2.22. The average Bonchev–Trinajstić information content (AvgIpc) is 2.68. The molecule has 1 heterocycles. The molecule has 3 rings (SSSR count). The lowest BCUT2D eigenvalue weighted by molar-refractivity contribution is -0.129. The summed E-state index contributed by atoms with van der Waals surface area (Å²) in [4.78, 5) is 15.4. The summed E-state index contributed by atoms with van der Waals surface area (Å²) >= 11 is 5.81. The smallest absolute Gasteiger partial charge is 0.332 e. The minimum absolute atomic E-state index is 0.0836. The maximum absolute atomic E-state index is 12.1. The van der Waals surface area contributed by atoms with Gasteiger partial charge in [-0.3, -0.25) is 4.79 Å². The summed E-state index contributed by atoms with van der Waals surface area (Å²) in [5, 5.41) is 1.60. The van der Waals surface area contributed by atoms with Crippen LogP contribution in [0.1, 0.15) is 12.5 Å². The molecule has 28 heavy (non-hydrogen) atoms. The van der Waals surface area contributed by atoms with Crippen molar-refractivity contribution in [2.24, 2.45) is 0 Å². The van der Waals surface area contributed by atoms with E-state index in [2.05, 4.69) is 4.90 Å². The molecule has 1 amide bonds. The fourth-order valence-electron chi connectivity index (χ4n) is 2.89. The highest BCUT2D eigenvalue weighted by molar-refractivity contribution is 7.90. The van der Waals surface area contributed by atoms with Crippen LogP contribution in [-0.2, 0) is 14.9 Å². The SMILES string of the molecule is CC(=O)N1CCN(c2ccc(OS(=O)(=O)/C=C/c3ccc(Cl)cc3)cc2)CC1. The zero-order valence-corrected chi connectivity index (χ0v) is 17.0. The maximum Gasteiger partial charge on any atom is 0.332 e. The monoisotopic (exact) mass is 420 g/mol. The second kappa shape index (κ2) is 8.67. The van der Waals surface area contributed by atoms with Gasteiger partial charge in [-0.2, -0.15) is 8.42 Å². The normalized spacial score (nSPS) is 15.1. The Kier molecular flexibility index (Phi) is 6.26. The largest absolute Gasteiger partial charge is 0.379 e. The van der Waals surface area contributed by atoms with Crippen molar-refractivity contribution >= 4 is 39.4 Å². The predicted molar refractivity (Wildman–Crippen MR) is 111 cm³/mol. The lowest BCUT2D eigenvalue weighted by Crippen LogP contribution is -2.48. The van der Waals surface area contributed by atoms with Gasteiger partial charge in [0, 0.05) is 43.8 Å². The van der Waals surface area contributed by atoms with Crippen LogP contribution in [0.3, 0.4) is 0 Å². The van der Waals surface area contributed by atoms with Crippen LogP contribution in [0.15, 0.2) is 53.9 Å². The number of halogens is 1. The fourth-order valence-corrected chi connectivity index (χ4v) is 3.77. The number of anilines is 1. The van der Waals surface area contributed by atoms with Crippen molar-refractivity contribution in [2.45, 2.75) is 6.92 Å². The van der Waals surface area contributed by atoms with Crippen LogP contribution in [0.4, 0.5) is 5.69 Å². The number of amides is 1. The van der Waals surface area contributed by atoms with E-state index in [1.54, 1.807) is 43.3 Å². The Morgan fingerprint density at radius 2 is 1.61 bits per heavy atom. The maximum atomic E-state index is 12.1. The summed E-state index contributed by atoms with van der Waals surface area (Å²) < 4.78 is 29.4. The quantitative estimate of drug-likeness (QED) is 0.693. The lowest BCUT2D eigenvalue weighted by atomic mass is 10.2. The van der Waals surface area contributed by atoms with Gasteiger partial charge in [0.15, 0.2) is 0 Å². The van der Waals surface area contributed by atoms with Crippen LogP contribution in [0, 0.1) is 0 Å². The van der Waals surface area contributed by atoms with Gasteiger partial charge in [-0.1, -0.05) is 23.7 Å². The van der Waals surface area contributed by atoms with E-state index in [4.69, 9.17) is 15.8 Å². The summed E-state index contributed by atoms with van der Waals surface area (Å²) in [6, 6.07) is 13.7. The Morgan fingerprint density at radius 1 is 1.00 bits per heavy atom. The summed E-state index contributed by atoms with van der Waals surface area (Å²) in [7, 11) is -3.87. The molecule has 0 atom stereocenters. The second-order valence-electron chi connectivity index (χ2n) is 6.42. The van der Waals surface area contributed by atoms with Crippen molar-refractivity contribution in [2.75, 3.05) is 31.1 Å². The molecular weight excluding hydrogens is 400 g/mol. The lowest BCUT2D eigenvalue weighted by Gasteiger charge is -2.35.